The Morgan fingerprint density at radius 2 is 1.80 bits per heavy atom. The number of halogens is 4. The standard InChI is InChI=1S/C18H18F4N2O/c1-12(14-4-3-5-15(10-14)18(20,21)22)23-17(25)24(2)11-13-6-8-16(19)9-7-13/h3-10,12H,11H2,1-2H3,(H,23,25). The molecule has 25 heavy (non-hydrogen) atoms. The highest BCUT2D eigenvalue weighted by molar-refractivity contribution is 5.74. The first-order valence-electron chi connectivity index (χ1n) is 7.60. The fraction of sp³-hybridized carbons (Fsp3) is 0.278. The van der Waals surface area contributed by atoms with Crippen molar-refractivity contribution in [2.24, 2.45) is 0 Å². The van der Waals surface area contributed by atoms with Crippen molar-refractivity contribution in [1.29, 1.82) is 0 Å². The Morgan fingerprint density at radius 1 is 1.16 bits per heavy atom. The number of rotatable bonds is 4. The zero-order valence-corrected chi connectivity index (χ0v) is 13.8. The van der Waals surface area contributed by atoms with Gasteiger partial charge in [-0.15, -0.1) is 0 Å². The Kier molecular flexibility index (Phi) is 5.66. The fourth-order valence-corrected chi connectivity index (χ4v) is 2.30. The molecule has 0 saturated carbocycles. The first-order valence-corrected chi connectivity index (χ1v) is 7.60. The van der Waals surface area contributed by atoms with Crippen LogP contribution in [0.1, 0.15) is 29.7 Å². The molecule has 1 atom stereocenters. The van der Waals surface area contributed by atoms with Gasteiger partial charge in [-0.1, -0.05) is 24.3 Å². The molecule has 0 fully saturated rings. The van der Waals surface area contributed by atoms with Crippen LogP contribution < -0.4 is 5.32 Å². The summed E-state index contributed by atoms with van der Waals surface area (Å²) >= 11 is 0. The summed E-state index contributed by atoms with van der Waals surface area (Å²) in [5.74, 6) is -0.367. The number of carbonyl (C=O) groups is 1. The fourth-order valence-electron chi connectivity index (χ4n) is 2.30. The summed E-state index contributed by atoms with van der Waals surface area (Å²) < 4.78 is 51.2. The molecule has 2 aromatic carbocycles. The van der Waals surface area contributed by atoms with E-state index in [0.717, 1.165) is 17.7 Å². The minimum Gasteiger partial charge on any atom is -0.331 e. The average Bonchev–Trinajstić information content (AvgIpc) is 2.56. The highest BCUT2D eigenvalue weighted by atomic mass is 19.4. The van der Waals surface area contributed by atoms with Crippen LogP contribution in [0.5, 0.6) is 0 Å². The predicted octanol–water partition coefficient (Wildman–Crippen LogP) is 4.75. The monoisotopic (exact) mass is 354 g/mol. The lowest BCUT2D eigenvalue weighted by molar-refractivity contribution is -0.137. The summed E-state index contributed by atoms with van der Waals surface area (Å²) in [5, 5.41) is 2.65. The summed E-state index contributed by atoms with van der Waals surface area (Å²) in [5.41, 5.74) is 0.342. The van der Waals surface area contributed by atoms with Crippen molar-refractivity contribution in [3.8, 4) is 0 Å². The molecular weight excluding hydrogens is 336 g/mol. The molecule has 0 saturated heterocycles. The van der Waals surface area contributed by atoms with Crippen molar-refractivity contribution < 1.29 is 22.4 Å². The highest BCUT2D eigenvalue weighted by Gasteiger charge is 2.30. The molecule has 1 unspecified atom stereocenters. The second-order valence-corrected chi connectivity index (χ2v) is 5.78. The van der Waals surface area contributed by atoms with Crippen molar-refractivity contribution in [3.63, 3.8) is 0 Å². The van der Waals surface area contributed by atoms with E-state index in [2.05, 4.69) is 5.32 Å². The minimum atomic E-state index is -4.43. The number of amides is 2. The van der Waals surface area contributed by atoms with Crippen LogP contribution in [-0.2, 0) is 12.7 Å². The van der Waals surface area contributed by atoms with Crippen LogP contribution in [0.15, 0.2) is 48.5 Å². The zero-order chi connectivity index (χ0) is 18.6. The first kappa shape index (κ1) is 18.8. The third-order valence-corrected chi connectivity index (χ3v) is 3.73. The van der Waals surface area contributed by atoms with Crippen LogP contribution in [-0.4, -0.2) is 18.0 Å². The van der Waals surface area contributed by atoms with Crippen molar-refractivity contribution in [3.05, 3.63) is 71.0 Å². The van der Waals surface area contributed by atoms with Gasteiger partial charge in [-0.2, -0.15) is 13.2 Å². The van der Waals surface area contributed by atoms with Gasteiger partial charge in [0.1, 0.15) is 5.82 Å². The Hall–Kier alpha value is -2.57. The molecule has 7 heteroatoms. The first-order chi connectivity index (χ1) is 11.7. The Labute approximate surface area is 143 Å². The van der Waals surface area contributed by atoms with E-state index in [1.807, 2.05) is 0 Å². The van der Waals surface area contributed by atoms with Gasteiger partial charge in [0.25, 0.3) is 0 Å². The molecular formula is C18H18F4N2O. The van der Waals surface area contributed by atoms with Crippen LogP contribution in [0.2, 0.25) is 0 Å². The van der Waals surface area contributed by atoms with Gasteiger partial charge in [-0.25, -0.2) is 9.18 Å². The van der Waals surface area contributed by atoms with Gasteiger partial charge in [0, 0.05) is 13.6 Å². The van der Waals surface area contributed by atoms with Gasteiger partial charge in [0.15, 0.2) is 0 Å². The number of urea groups is 1. The zero-order valence-electron chi connectivity index (χ0n) is 13.8. The number of alkyl halides is 3. The average molecular weight is 354 g/mol. The summed E-state index contributed by atoms with van der Waals surface area (Å²) in [6.45, 7) is 1.86. The van der Waals surface area contributed by atoms with E-state index in [4.69, 9.17) is 0 Å². The number of benzene rings is 2. The molecule has 0 radical (unpaired) electrons. The van der Waals surface area contributed by atoms with Crippen molar-refractivity contribution in [1.82, 2.24) is 10.2 Å². The molecule has 0 spiro atoms. The van der Waals surface area contributed by atoms with E-state index < -0.39 is 23.8 Å². The number of hydrogen-bond donors (Lipinski definition) is 1. The van der Waals surface area contributed by atoms with E-state index in [1.54, 1.807) is 26.1 Å². The van der Waals surface area contributed by atoms with E-state index in [0.29, 0.717) is 5.56 Å². The van der Waals surface area contributed by atoms with Crippen LogP contribution in [0.25, 0.3) is 0 Å². The largest absolute Gasteiger partial charge is 0.416 e. The molecule has 2 aromatic rings. The molecule has 134 valence electrons. The lowest BCUT2D eigenvalue weighted by atomic mass is 10.1. The predicted molar refractivity (Wildman–Crippen MR) is 86.3 cm³/mol. The van der Waals surface area contributed by atoms with E-state index in [-0.39, 0.29) is 12.4 Å². The SMILES string of the molecule is CC(NC(=O)N(C)Cc1ccc(F)cc1)c1cccc(C(F)(F)F)c1. The quantitative estimate of drug-likeness (QED) is 0.790. The van der Waals surface area contributed by atoms with Crippen LogP contribution in [0.3, 0.4) is 0 Å². The Morgan fingerprint density at radius 3 is 2.40 bits per heavy atom. The van der Waals surface area contributed by atoms with Crippen LogP contribution in [0, 0.1) is 5.82 Å². The van der Waals surface area contributed by atoms with Crippen molar-refractivity contribution in [2.75, 3.05) is 7.05 Å². The van der Waals surface area contributed by atoms with Gasteiger partial charge in [0.05, 0.1) is 11.6 Å². The Bertz CT molecular complexity index is 729. The van der Waals surface area contributed by atoms with Crippen LogP contribution in [0.4, 0.5) is 22.4 Å². The topological polar surface area (TPSA) is 32.3 Å². The molecule has 2 rings (SSSR count). The maximum Gasteiger partial charge on any atom is 0.416 e. The molecule has 0 aliphatic heterocycles. The van der Waals surface area contributed by atoms with Crippen molar-refractivity contribution >= 4 is 6.03 Å². The van der Waals surface area contributed by atoms with Crippen LogP contribution >= 0.6 is 0 Å². The van der Waals surface area contributed by atoms with Gasteiger partial charge in [0.2, 0.25) is 0 Å². The van der Waals surface area contributed by atoms with Gasteiger partial charge < -0.3 is 10.2 Å². The Balaban J connectivity index is 2.00. The summed E-state index contributed by atoms with van der Waals surface area (Å²) in [6.07, 6.45) is -4.43. The third-order valence-electron chi connectivity index (χ3n) is 3.73. The number of nitrogens with one attached hydrogen (secondary N) is 1. The molecule has 0 aliphatic carbocycles. The maximum absolute atomic E-state index is 12.9. The summed E-state index contributed by atoms with van der Waals surface area (Å²) in [4.78, 5) is 13.6. The minimum absolute atomic E-state index is 0.251. The number of carbonyl (C=O) groups excluding carboxylic acids is 1. The lowest BCUT2D eigenvalue weighted by Gasteiger charge is -2.22. The number of nitrogens with zero attached hydrogens (tertiary/aromatic N) is 1. The molecule has 0 aliphatic rings. The van der Waals surface area contributed by atoms with Gasteiger partial charge >= 0.3 is 12.2 Å². The molecule has 0 bridgehead atoms. The maximum atomic E-state index is 12.9. The molecule has 1 N–H and O–H groups in total. The van der Waals surface area contributed by atoms with Crippen molar-refractivity contribution in [2.45, 2.75) is 25.7 Å². The number of hydrogen-bond acceptors (Lipinski definition) is 1. The smallest absolute Gasteiger partial charge is 0.331 e. The van der Waals surface area contributed by atoms with Gasteiger partial charge in [-0.3, -0.25) is 0 Å². The molecule has 0 aromatic heterocycles. The van der Waals surface area contributed by atoms with E-state index in [9.17, 15) is 22.4 Å². The van der Waals surface area contributed by atoms with E-state index >= 15 is 0 Å². The molecule has 2 amide bonds. The molecule has 3 nitrogen and oxygen atoms in total. The molecule has 0 heterocycles. The van der Waals surface area contributed by atoms with Gasteiger partial charge in [-0.05, 0) is 42.3 Å². The normalized spacial score (nSPS) is 12.6. The second-order valence-electron chi connectivity index (χ2n) is 5.78. The summed E-state index contributed by atoms with van der Waals surface area (Å²) in [7, 11) is 1.55. The highest BCUT2D eigenvalue weighted by Crippen LogP contribution is 2.30. The third kappa shape index (κ3) is 5.20. The second kappa shape index (κ2) is 7.55. The van der Waals surface area contributed by atoms with E-state index in [1.165, 1.54) is 29.2 Å². The summed E-state index contributed by atoms with van der Waals surface area (Å²) in [6, 6.07) is 9.54. The lowest BCUT2D eigenvalue weighted by Crippen LogP contribution is -2.38.